The van der Waals surface area contributed by atoms with E-state index in [1.165, 1.54) is 0 Å². The van der Waals surface area contributed by atoms with E-state index in [9.17, 15) is 9.59 Å². The van der Waals surface area contributed by atoms with Crippen molar-refractivity contribution in [2.75, 3.05) is 12.4 Å². The zero-order valence-corrected chi connectivity index (χ0v) is 16.3. The van der Waals surface area contributed by atoms with Crippen LogP contribution in [0, 0.1) is 13.8 Å². The van der Waals surface area contributed by atoms with Crippen molar-refractivity contribution in [3.05, 3.63) is 58.1 Å². The topological polar surface area (TPSA) is 79.8 Å². The van der Waals surface area contributed by atoms with Crippen LogP contribution in [0.15, 0.2) is 41.5 Å². The van der Waals surface area contributed by atoms with Crippen LogP contribution >= 0.6 is 11.6 Å². The lowest BCUT2D eigenvalue weighted by atomic mass is 10.1. The highest BCUT2D eigenvalue weighted by molar-refractivity contribution is 6.31. The Labute approximate surface area is 163 Å². The molecule has 0 aromatic heterocycles. The number of nitrogens with zero attached hydrogens (tertiary/aromatic N) is 1. The van der Waals surface area contributed by atoms with Gasteiger partial charge in [0.1, 0.15) is 5.75 Å². The maximum Gasteiger partial charge on any atom is 0.240 e. The van der Waals surface area contributed by atoms with E-state index in [0.29, 0.717) is 10.7 Å². The first-order valence-electron chi connectivity index (χ1n) is 8.41. The zero-order chi connectivity index (χ0) is 19.8. The van der Waals surface area contributed by atoms with Crippen LogP contribution in [0.4, 0.5) is 5.69 Å². The molecule has 0 atom stereocenters. The smallest absolute Gasteiger partial charge is 0.240 e. The molecule has 2 rings (SSSR count). The van der Waals surface area contributed by atoms with Gasteiger partial charge in [-0.25, -0.2) is 5.43 Å². The Morgan fingerprint density at radius 2 is 1.81 bits per heavy atom. The fourth-order valence-electron chi connectivity index (χ4n) is 2.27. The fourth-order valence-corrected chi connectivity index (χ4v) is 2.45. The number of amides is 2. The Morgan fingerprint density at radius 3 is 2.48 bits per heavy atom. The van der Waals surface area contributed by atoms with Crippen LogP contribution in [0.5, 0.6) is 5.75 Å². The van der Waals surface area contributed by atoms with Crippen LogP contribution in [-0.2, 0) is 9.59 Å². The Balaban J connectivity index is 1.78. The summed E-state index contributed by atoms with van der Waals surface area (Å²) >= 11 is 6.02. The van der Waals surface area contributed by atoms with Gasteiger partial charge in [-0.2, -0.15) is 5.10 Å². The van der Waals surface area contributed by atoms with Gasteiger partial charge in [0.05, 0.1) is 13.3 Å². The quantitative estimate of drug-likeness (QED) is 0.559. The summed E-state index contributed by atoms with van der Waals surface area (Å²) in [4.78, 5) is 23.8. The van der Waals surface area contributed by atoms with Crippen LogP contribution in [0.3, 0.4) is 0 Å². The van der Waals surface area contributed by atoms with Gasteiger partial charge in [0.2, 0.25) is 11.8 Å². The highest BCUT2D eigenvalue weighted by Gasteiger charge is 2.07. The number of anilines is 1. The van der Waals surface area contributed by atoms with Gasteiger partial charge < -0.3 is 10.1 Å². The molecule has 2 aromatic carbocycles. The maximum atomic E-state index is 11.9. The average Bonchev–Trinajstić information content (AvgIpc) is 2.64. The van der Waals surface area contributed by atoms with Gasteiger partial charge in [-0.3, -0.25) is 9.59 Å². The largest absolute Gasteiger partial charge is 0.497 e. The standard InChI is InChI=1S/C20H22ClN3O3/c1-13-4-6-16(11-18(13)21)23-19(25)8-9-20(26)24-22-12-15-5-7-17(27-3)10-14(15)2/h4-7,10-12H,8-9H2,1-3H3,(H,23,25)(H,24,26). The van der Waals surface area contributed by atoms with Gasteiger partial charge in [0.25, 0.3) is 0 Å². The highest BCUT2D eigenvalue weighted by Crippen LogP contribution is 2.20. The second-order valence-electron chi connectivity index (χ2n) is 6.03. The van der Waals surface area contributed by atoms with Crippen LogP contribution in [0.25, 0.3) is 0 Å². The predicted octanol–water partition coefficient (Wildman–Crippen LogP) is 3.83. The molecule has 0 spiro atoms. The number of methoxy groups -OCH3 is 1. The van der Waals surface area contributed by atoms with Gasteiger partial charge in [0.15, 0.2) is 0 Å². The molecule has 2 aromatic rings. The molecule has 0 saturated carbocycles. The van der Waals surface area contributed by atoms with Crippen molar-refractivity contribution in [1.82, 2.24) is 5.43 Å². The summed E-state index contributed by atoms with van der Waals surface area (Å²) in [6.07, 6.45) is 1.64. The molecule has 0 bridgehead atoms. The Bertz CT molecular complexity index is 866. The SMILES string of the molecule is COc1ccc(C=NNC(=O)CCC(=O)Nc2ccc(C)c(Cl)c2)c(C)c1. The molecule has 0 fully saturated rings. The molecular weight excluding hydrogens is 366 g/mol. The lowest BCUT2D eigenvalue weighted by Gasteiger charge is -2.06. The molecule has 142 valence electrons. The number of benzene rings is 2. The number of carbonyl (C=O) groups excluding carboxylic acids is 2. The molecule has 0 aliphatic rings. The molecule has 27 heavy (non-hydrogen) atoms. The van der Waals surface area contributed by atoms with E-state index in [1.807, 2.05) is 38.1 Å². The second-order valence-corrected chi connectivity index (χ2v) is 6.44. The van der Waals surface area contributed by atoms with Crippen LogP contribution in [0.2, 0.25) is 5.02 Å². The molecule has 0 aliphatic heterocycles. The lowest BCUT2D eigenvalue weighted by Crippen LogP contribution is -2.20. The van der Waals surface area contributed by atoms with E-state index in [0.717, 1.165) is 22.4 Å². The number of nitrogens with one attached hydrogen (secondary N) is 2. The minimum absolute atomic E-state index is 0.0321. The molecule has 6 nitrogen and oxygen atoms in total. The highest BCUT2D eigenvalue weighted by atomic mass is 35.5. The van der Waals surface area contributed by atoms with E-state index in [2.05, 4.69) is 15.8 Å². The van der Waals surface area contributed by atoms with Crippen molar-refractivity contribution in [3.63, 3.8) is 0 Å². The molecule has 0 aliphatic carbocycles. The van der Waals surface area contributed by atoms with Crippen molar-refractivity contribution in [2.24, 2.45) is 5.10 Å². The molecule has 0 heterocycles. The Morgan fingerprint density at radius 1 is 1.07 bits per heavy atom. The summed E-state index contributed by atoms with van der Waals surface area (Å²) in [5.74, 6) is 0.157. The molecule has 2 N–H and O–H groups in total. The number of rotatable bonds is 7. The van der Waals surface area contributed by atoms with Gasteiger partial charge in [-0.05, 0) is 60.9 Å². The van der Waals surface area contributed by atoms with Gasteiger partial charge in [0, 0.05) is 23.6 Å². The van der Waals surface area contributed by atoms with E-state index >= 15 is 0 Å². The van der Waals surface area contributed by atoms with Gasteiger partial charge in [-0.1, -0.05) is 17.7 Å². The summed E-state index contributed by atoms with van der Waals surface area (Å²) in [7, 11) is 1.60. The van der Waals surface area contributed by atoms with Gasteiger partial charge in [-0.15, -0.1) is 0 Å². The summed E-state index contributed by atoms with van der Waals surface area (Å²) in [5, 5.41) is 7.22. The molecule has 7 heteroatoms. The minimum atomic E-state index is -0.338. The van der Waals surface area contributed by atoms with E-state index in [1.54, 1.807) is 25.5 Å². The van der Waals surface area contributed by atoms with Gasteiger partial charge >= 0.3 is 0 Å². The number of aryl methyl sites for hydroxylation is 2. The average molecular weight is 388 g/mol. The van der Waals surface area contributed by atoms with E-state index < -0.39 is 0 Å². The summed E-state index contributed by atoms with van der Waals surface area (Å²) < 4.78 is 5.14. The number of hydrazone groups is 1. The minimum Gasteiger partial charge on any atom is -0.497 e. The van der Waals surface area contributed by atoms with Crippen molar-refractivity contribution in [1.29, 1.82) is 0 Å². The third-order valence-electron chi connectivity index (χ3n) is 3.90. The summed E-state index contributed by atoms with van der Waals surface area (Å²) in [6.45, 7) is 3.81. The fraction of sp³-hybridized carbons (Fsp3) is 0.250. The lowest BCUT2D eigenvalue weighted by molar-refractivity contribution is -0.124. The number of halogens is 1. The summed E-state index contributed by atoms with van der Waals surface area (Å²) in [6, 6.07) is 10.8. The van der Waals surface area contributed by atoms with Crippen molar-refractivity contribution >= 4 is 35.3 Å². The van der Waals surface area contributed by atoms with Crippen molar-refractivity contribution < 1.29 is 14.3 Å². The number of carbonyl (C=O) groups is 2. The molecule has 0 unspecified atom stereocenters. The second kappa shape index (κ2) is 9.73. The third kappa shape index (κ3) is 6.42. The number of hydrogen-bond donors (Lipinski definition) is 2. The first-order chi connectivity index (χ1) is 12.9. The molecule has 0 saturated heterocycles. The number of hydrogen-bond acceptors (Lipinski definition) is 4. The molecule has 0 radical (unpaired) electrons. The van der Waals surface area contributed by atoms with Crippen molar-refractivity contribution in [2.45, 2.75) is 26.7 Å². The number of ether oxygens (including phenoxy) is 1. The van der Waals surface area contributed by atoms with Crippen molar-refractivity contribution in [3.8, 4) is 5.75 Å². The Hall–Kier alpha value is -2.86. The third-order valence-corrected chi connectivity index (χ3v) is 4.31. The monoisotopic (exact) mass is 387 g/mol. The maximum absolute atomic E-state index is 11.9. The zero-order valence-electron chi connectivity index (χ0n) is 15.5. The van der Waals surface area contributed by atoms with Crippen LogP contribution in [-0.4, -0.2) is 25.1 Å². The normalized spacial score (nSPS) is 10.7. The first-order valence-corrected chi connectivity index (χ1v) is 8.79. The van der Waals surface area contributed by atoms with Crippen LogP contribution in [0.1, 0.15) is 29.5 Å². The first kappa shape index (κ1) is 20.5. The molecule has 2 amide bonds. The summed E-state index contributed by atoms with van der Waals surface area (Å²) in [5.41, 5.74) is 5.79. The molecular formula is C20H22ClN3O3. The van der Waals surface area contributed by atoms with E-state index in [4.69, 9.17) is 16.3 Å². The van der Waals surface area contributed by atoms with Crippen LogP contribution < -0.4 is 15.5 Å². The van der Waals surface area contributed by atoms with E-state index in [-0.39, 0.29) is 24.7 Å². The predicted molar refractivity (Wildman–Crippen MR) is 108 cm³/mol. The Kier molecular flexibility index (Phi) is 7.37.